The predicted octanol–water partition coefficient (Wildman–Crippen LogP) is 9.72. The molecule has 26 nitrogen and oxygen atoms in total. The Bertz CT molecular complexity index is 5480. The Hall–Kier alpha value is -10.1. The molecule has 7 N–H and O–H groups in total. The number of phenolic OH excluding ortho intramolecular Hbond substituents is 2. The number of methoxy groups -OCH3 is 2. The van der Waals surface area contributed by atoms with Crippen molar-refractivity contribution in [3.05, 3.63) is 163 Å². The van der Waals surface area contributed by atoms with Crippen molar-refractivity contribution in [3.8, 4) is 69.6 Å². The number of aromatic hydroxyl groups is 2. The van der Waals surface area contributed by atoms with Crippen molar-refractivity contribution in [2.24, 2.45) is 0 Å². The van der Waals surface area contributed by atoms with E-state index in [1.165, 1.54) is 25.6 Å². The van der Waals surface area contributed by atoms with Crippen LogP contribution in [-0.4, -0.2) is 167 Å². The van der Waals surface area contributed by atoms with Gasteiger partial charge in [-0.2, -0.15) is 10.5 Å². The van der Waals surface area contributed by atoms with Gasteiger partial charge in [0.15, 0.2) is 57.1 Å². The van der Waals surface area contributed by atoms with Gasteiger partial charge in [-0.1, -0.05) is 54.6 Å². The van der Waals surface area contributed by atoms with Crippen molar-refractivity contribution in [1.82, 2.24) is 40.6 Å². The molecule has 2 aromatic heterocycles. The first-order chi connectivity index (χ1) is 53.8. The van der Waals surface area contributed by atoms with Gasteiger partial charge in [-0.3, -0.25) is 34.9 Å². The van der Waals surface area contributed by atoms with Gasteiger partial charge in [0, 0.05) is 135 Å². The zero-order valence-corrected chi connectivity index (χ0v) is 64.0. The fraction of sp³-hybridized carbons (Fsp3) is 0.422. The summed E-state index contributed by atoms with van der Waals surface area (Å²) < 4.78 is 61.5. The number of nitrogens with one attached hydrogen (secondary N) is 5. The van der Waals surface area contributed by atoms with Crippen LogP contribution >= 0.6 is 23.5 Å². The third-order valence-corrected chi connectivity index (χ3v) is 28.2. The summed E-state index contributed by atoms with van der Waals surface area (Å²) in [6, 6.07) is 20.1. The molecule has 28 heteroatoms. The molecule has 22 rings (SSSR count). The largest absolute Gasteiger partial charge is 0.504 e. The summed E-state index contributed by atoms with van der Waals surface area (Å²) in [4.78, 5) is 69.4. The van der Waals surface area contributed by atoms with E-state index in [9.17, 15) is 39.9 Å². The minimum absolute atomic E-state index is 0.0368. The highest BCUT2D eigenvalue weighted by molar-refractivity contribution is 7.99. The number of aromatic amines is 2. The molecule has 4 saturated heterocycles. The van der Waals surface area contributed by atoms with E-state index in [4.69, 9.17) is 47.4 Å². The molecule has 0 aliphatic carbocycles. The van der Waals surface area contributed by atoms with E-state index in [1.807, 2.05) is 76.2 Å². The Kier molecular flexibility index (Phi) is 17.0. The van der Waals surface area contributed by atoms with Gasteiger partial charge in [0.1, 0.15) is 36.8 Å². The standard InChI is InChI=1S/C43H43N5O8S.C40H39N5O8S/c1-6-13-47-27-15-23-14-20(2)36(52-5)35(50)30(23)33(47)34-40-32-31(39-38(54-19-55-39)21(3)37(32)56-22(4)49)29(48(34)28(27)16-44)17-53-42(51)43(18-57-40)41-25(11-12-45-43)24-9-7-8-10-26(24)46-41;1-17-11-20-12-24-25(13-41)45-26-14-50-39(48)40(38-22(9-10-42-40)21-7-5-6-8-23(21)44-38)15-54-37(31(45)30(43-24)27(20)32(47)33(17)49-4)29-28(26)36-35(51-16-52-36)18(2)34(29)53-19(3)46/h6-10,14,27-29,33-34,40,45-46,50H,1,11-13,15,17-19H2,2-5H3;5-8,11,24-26,30-31,37,42-44,47H,9-10,12,14-16H2,1-4H3/t27-,28-,29-,33+,34?,40+,43+;24-,25-,26-,30+,31?,37+,40+/m00/s1. The SMILES string of the molecule is C=CCN1[C@@H]2c3c(cc(C)c(OC)c3O)C[C@H]1[C@H](C#N)N1C2[C@@H]2SC[C@]3(NCCc4c3[nH]c3ccccc43)C(=O)OC[C@H]1c1c3c(c(C)c(OC(C)=O)c12)OCO3.COc1c(C)cc2c(c1O)[C@H]1N[C@@H](C2)[C@H](C#N)N2C1[C@@H]1SC[C@]3(NCCc4c3[nH]c3ccccc43)C(=O)OC[C@H]2c2c3c(c(C)c(OC(C)=O)c21)OCO3. The number of nitriles is 2. The Labute approximate surface area is 647 Å². The quantitative estimate of drug-likeness (QED) is 0.0462. The van der Waals surface area contributed by atoms with E-state index in [0.717, 1.165) is 96.1 Å². The molecule has 14 aliphatic heterocycles. The maximum Gasteiger partial charge on any atom is 0.333 e. The number of hydrogen-bond donors (Lipinski definition) is 7. The third kappa shape index (κ3) is 10.2. The number of thioether (sulfide) groups is 2. The lowest BCUT2D eigenvalue weighted by atomic mass is 9.71. The monoisotopic (exact) mass is 1540 g/mol. The zero-order chi connectivity index (χ0) is 76.7. The number of aromatic nitrogens is 2. The first kappa shape index (κ1) is 71.2. The highest BCUT2D eigenvalue weighted by Gasteiger charge is 2.65. The molecular formula is C83H82N10O16S2. The normalized spacial score (nSPS) is 28.7. The molecule has 0 radical (unpaired) electrons. The van der Waals surface area contributed by atoms with Crippen molar-refractivity contribution in [2.45, 2.75) is 149 Å². The number of esters is 4. The number of piperazine rings is 2. The lowest BCUT2D eigenvalue weighted by molar-refractivity contribution is -0.158. The molecule has 6 aromatic carbocycles. The number of H-pyrrole nitrogens is 2. The van der Waals surface area contributed by atoms with E-state index in [2.05, 4.69) is 77.5 Å². The second-order valence-corrected chi connectivity index (χ2v) is 33.0. The zero-order valence-electron chi connectivity index (χ0n) is 62.3. The number of nitrogens with zero attached hydrogens (tertiary/aromatic N) is 5. The van der Waals surface area contributed by atoms with Crippen LogP contribution in [0, 0.1) is 50.4 Å². The average Bonchev–Trinajstić information content (AvgIpc) is 1.63. The lowest BCUT2D eigenvalue weighted by Gasteiger charge is -2.62. The van der Waals surface area contributed by atoms with Crippen molar-refractivity contribution >= 4 is 69.2 Å². The fourth-order valence-corrected chi connectivity index (χ4v) is 24.4. The molecule has 0 saturated carbocycles. The van der Waals surface area contributed by atoms with Crippen LogP contribution in [0.15, 0.2) is 73.3 Å². The summed E-state index contributed by atoms with van der Waals surface area (Å²) >= 11 is 3.09. The predicted molar refractivity (Wildman–Crippen MR) is 408 cm³/mol. The molecule has 2 spiro atoms. The number of hydrogen-bond acceptors (Lipinski definition) is 26. The molecule has 14 atom stereocenters. The minimum atomic E-state index is -1.26. The maximum atomic E-state index is 14.9. The van der Waals surface area contributed by atoms with Crippen LogP contribution in [0.4, 0.5) is 0 Å². The summed E-state index contributed by atoms with van der Waals surface area (Å²) in [5, 5.41) is 58.5. The summed E-state index contributed by atoms with van der Waals surface area (Å²) in [6.07, 6.45) is 4.27. The van der Waals surface area contributed by atoms with Crippen molar-refractivity contribution in [1.29, 1.82) is 10.5 Å². The van der Waals surface area contributed by atoms with Crippen LogP contribution in [-0.2, 0) is 65.4 Å². The van der Waals surface area contributed by atoms with Crippen LogP contribution in [0.5, 0.6) is 57.5 Å². The smallest absolute Gasteiger partial charge is 0.333 e. The highest BCUT2D eigenvalue weighted by atomic mass is 32.2. The van der Waals surface area contributed by atoms with Gasteiger partial charge in [0.05, 0.1) is 72.4 Å². The van der Waals surface area contributed by atoms with Crippen molar-refractivity contribution in [2.75, 3.05) is 72.2 Å². The molecule has 111 heavy (non-hydrogen) atoms. The van der Waals surface area contributed by atoms with E-state index < -0.39 is 93.8 Å². The average molecular weight is 1540 g/mol. The number of carbonyl (C=O) groups excluding carboxylic acids is 4. The second-order valence-electron chi connectivity index (χ2n) is 30.8. The Balaban J connectivity index is 0.000000150. The molecule has 572 valence electrons. The number of aryl methyl sites for hydroxylation is 2. The first-order valence-electron chi connectivity index (χ1n) is 37.6. The first-order valence-corrected chi connectivity index (χ1v) is 39.7. The molecular weight excluding hydrogens is 1460 g/mol. The number of phenols is 2. The van der Waals surface area contributed by atoms with Gasteiger partial charge >= 0.3 is 23.9 Å². The topological polar surface area (TPSA) is 326 Å². The van der Waals surface area contributed by atoms with Crippen LogP contribution < -0.4 is 53.8 Å². The summed E-state index contributed by atoms with van der Waals surface area (Å²) in [5.41, 5.74) is 12.0. The number of carbonyl (C=O) groups is 4. The van der Waals surface area contributed by atoms with E-state index in [0.29, 0.717) is 106 Å². The number of benzene rings is 6. The summed E-state index contributed by atoms with van der Waals surface area (Å²) in [7, 11) is 3.10. The Morgan fingerprint density at radius 1 is 0.631 bits per heavy atom. The molecule has 16 heterocycles. The minimum Gasteiger partial charge on any atom is -0.504 e. The molecule has 14 aliphatic rings. The Morgan fingerprint density at radius 2 is 1.11 bits per heavy atom. The third-order valence-electron chi connectivity index (χ3n) is 25.2. The molecule has 2 unspecified atom stereocenters. The number of rotatable bonds is 6. The van der Waals surface area contributed by atoms with Gasteiger partial charge in [0.2, 0.25) is 13.6 Å². The Morgan fingerprint density at radius 3 is 1.60 bits per heavy atom. The molecule has 4 fully saturated rings. The number of para-hydroxylation sites is 2. The van der Waals surface area contributed by atoms with Gasteiger partial charge in [-0.05, 0) is 98.9 Å². The van der Waals surface area contributed by atoms with Gasteiger partial charge in [0.25, 0.3) is 0 Å². The number of ether oxygens (including phenoxy) is 10. The van der Waals surface area contributed by atoms with E-state index in [1.54, 1.807) is 26.0 Å². The fourth-order valence-electron chi connectivity index (χ4n) is 21.1. The molecule has 8 aromatic rings. The molecule has 0 amide bonds. The van der Waals surface area contributed by atoms with Crippen molar-refractivity contribution < 1.29 is 76.8 Å². The second kappa shape index (κ2) is 26.5. The summed E-state index contributed by atoms with van der Waals surface area (Å²) in [6.45, 7) is 15.6. The van der Waals surface area contributed by atoms with Gasteiger partial charge in [-0.15, -0.1) is 30.1 Å². The number of fused-ring (bicyclic) bond motifs is 22. The van der Waals surface area contributed by atoms with E-state index >= 15 is 0 Å². The van der Waals surface area contributed by atoms with Gasteiger partial charge in [-0.25, -0.2) is 9.59 Å². The molecule has 8 bridgehead atoms. The van der Waals surface area contributed by atoms with Crippen LogP contribution in [0.1, 0.15) is 138 Å². The summed E-state index contributed by atoms with van der Waals surface area (Å²) in [5.74, 6) is 2.15. The van der Waals surface area contributed by atoms with Crippen molar-refractivity contribution in [3.63, 3.8) is 0 Å². The van der Waals surface area contributed by atoms with Crippen LogP contribution in [0.3, 0.4) is 0 Å². The lowest BCUT2D eigenvalue weighted by Crippen LogP contribution is -2.70. The maximum absolute atomic E-state index is 14.9. The highest BCUT2D eigenvalue weighted by Crippen LogP contribution is 2.67. The van der Waals surface area contributed by atoms with E-state index in [-0.39, 0.29) is 61.9 Å². The van der Waals surface area contributed by atoms with Crippen LogP contribution in [0.25, 0.3) is 21.8 Å². The van der Waals surface area contributed by atoms with Crippen LogP contribution in [0.2, 0.25) is 0 Å². The van der Waals surface area contributed by atoms with Gasteiger partial charge < -0.3 is 72.9 Å².